The number of carbonyl (C=O) groups is 2. The van der Waals surface area contributed by atoms with Crippen molar-refractivity contribution >= 4 is 11.7 Å². The molecule has 0 saturated carbocycles. The molecule has 122 valence electrons. The van der Waals surface area contributed by atoms with Crippen LogP contribution in [0.4, 0.5) is 0 Å². The number of likely N-dealkylation sites (tertiary alicyclic amines) is 1. The zero-order valence-electron chi connectivity index (χ0n) is 13.4. The number of nitrogens with one attached hydrogen (secondary N) is 1. The van der Waals surface area contributed by atoms with Gasteiger partial charge in [0.2, 0.25) is 5.91 Å². The fraction of sp³-hybridized carbons (Fsp3) is 0.556. The summed E-state index contributed by atoms with van der Waals surface area (Å²) in [6, 6.07) is 5.78. The second-order valence-corrected chi connectivity index (χ2v) is 6.94. The third-order valence-electron chi connectivity index (χ3n) is 5.78. The Morgan fingerprint density at radius 3 is 2.70 bits per heavy atom. The quantitative estimate of drug-likeness (QED) is 0.896. The van der Waals surface area contributed by atoms with Crippen molar-refractivity contribution < 1.29 is 14.3 Å². The highest BCUT2D eigenvalue weighted by Gasteiger charge is 2.48. The van der Waals surface area contributed by atoms with Crippen LogP contribution in [0.1, 0.15) is 35.2 Å². The van der Waals surface area contributed by atoms with E-state index in [-0.39, 0.29) is 23.1 Å². The maximum absolute atomic E-state index is 12.9. The Labute approximate surface area is 136 Å². The van der Waals surface area contributed by atoms with E-state index in [2.05, 4.69) is 10.2 Å². The van der Waals surface area contributed by atoms with Crippen LogP contribution in [0.25, 0.3) is 0 Å². The molecule has 5 nitrogen and oxygen atoms in total. The maximum Gasteiger partial charge on any atom is 0.237 e. The first kappa shape index (κ1) is 14.7. The molecule has 1 spiro atoms. The van der Waals surface area contributed by atoms with E-state index in [9.17, 15) is 9.59 Å². The number of methoxy groups -OCH3 is 1. The molecule has 5 heteroatoms. The number of benzene rings is 1. The fourth-order valence-corrected chi connectivity index (χ4v) is 4.39. The van der Waals surface area contributed by atoms with Crippen molar-refractivity contribution in [1.29, 1.82) is 0 Å². The van der Waals surface area contributed by atoms with Gasteiger partial charge >= 0.3 is 0 Å². The maximum atomic E-state index is 12.9. The minimum absolute atomic E-state index is 0.00586. The number of hydrogen-bond acceptors (Lipinski definition) is 4. The molecule has 1 amide bonds. The van der Waals surface area contributed by atoms with Crippen LogP contribution in [-0.4, -0.2) is 49.4 Å². The highest BCUT2D eigenvalue weighted by atomic mass is 16.5. The van der Waals surface area contributed by atoms with E-state index in [0.29, 0.717) is 0 Å². The van der Waals surface area contributed by atoms with E-state index in [1.54, 1.807) is 7.11 Å². The molecule has 0 aromatic heterocycles. The van der Waals surface area contributed by atoms with Gasteiger partial charge in [-0.05, 0) is 62.5 Å². The number of piperidine rings is 1. The molecule has 0 bridgehead atoms. The van der Waals surface area contributed by atoms with Crippen molar-refractivity contribution in [2.75, 3.05) is 26.7 Å². The molecule has 1 atom stereocenters. The van der Waals surface area contributed by atoms with E-state index >= 15 is 0 Å². The van der Waals surface area contributed by atoms with E-state index in [1.165, 1.54) is 0 Å². The summed E-state index contributed by atoms with van der Waals surface area (Å²) in [4.78, 5) is 27.0. The largest absolute Gasteiger partial charge is 0.497 e. The van der Waals surface area contributed by atoms with Crippen LogP contribution in [0.15, 0.2) is 18.2 Å². The molecule has 1 aromatic rings. The van der Waals surface area contributed by atoms with Crippen molar-refractivity contribution in [3.63, 3.8) is 0 Å². The van der Waals surface area contributed by atoms with Gasteiger partial charge in [0, 0.05) is 17.5 Å². The van der Waals surface area contributed by atoms with Gasteiger partial charge in [-0.1, -0.05) is 0 Å². The molecule has 1 aromatic carbocycles. The summed E-state index contributed by atoms with van der Waals surface area (Å²) in [6.07, 6.45) is 3.37. The third-order valence-corrected chi connectivity index (χ3v) is 5.78. The molecular weight excluding hydrogens is 292 g/mol. The Kier molecular flexibility index (Phi) is 3.41. The predicted molar refractivity (Wildman–Crippen MR) is 85.7 cm³/mol. The van der Waals surface area contributed by atoms with Crippen molar-refractivity contribution in [2.24, 2.45) is 5.41 Å². The van der Waals surface area contributed by atoms with Gasteiger partial charge in [-0.25, -0.2) is 0 Å². The van der Waals surface area contributed by atoms with Crippen LogP contribution < -0.4 is 10.1 Å². The minimum atomic E-state index is -0.264. The summed E-state index contributed by atoms with van der Waals surface area (Å²) < 4.78 is 5.28. The Balaban J connectivity index is 1.51. The van der Waals surface area contributed by atoms with Crippen molar-refractivity contribution in [3.8, 4) is 5.75 Å². The lowest BCUT2D eigenvalue weighted by Crippen LogP contribution is -2.49. The number of hydrogen-bond donors (Lipinski definition) is 1. The Morgan fingerprint density at radius 1 is 1.26 bits per heavy atom. The fourth-order valence-electron chi connectivity index (χ4n) is 4.39. The lowest BCUT2D eigenvalue weighted by Gasteiger charge is -2.40. The van der Waals surface area contributed by atoms with E-state index in [0.717, 1.165) is 62.2 Å². The molecule has 2 aliphatic heterocycles. The third kappa shape index (κ3) is 2.26. The Bertz CT molecular complexity index is 662. The first-order chi connectivity index (χ1) is 11.1. The molecule has 1 aliphatic carbocycles. The van der Waals surface area contributed by atoms with Crippen LogP contribution in [-0.2, 0) is 11.2 Å². The number of rotatable bonds is 2. The normalized spacial score (nSPS) is 26.4. The summed E-state index contributed by atoms with van der Waals surface area (Å²) in [6.45, 7) is 2.43. The Morgan fingerprint density at radius 2 is 2.04 bits per heavy atom. The van der Waals surface area contributed by atoms with Gasteiger partial charge in [-0.15, -0.1) is 0 Å². The lowest BCUT2D eigenvalue weighted by molar-refractivity contribution is -0.124. The van der Waals surface area contributed by atoms with Crippen LogP contribution in [0.3, 0.4) is 0 Å². The first-order valence-electron chi connectivity index (χ1n) is 8.36. The second-order valence-electron chi connectivity index (χ2n) is 6.94. The standard InChI is InChI=1S/C18H22N2O3/c1-23-13-2-3-14-12(10-13)11-18(16(14)21)5-8-20(9-6-18)15-4-7-19-17(15)22/h2-3,10,15H,4-9,11H2,1H3,(H,19,22)/t15-/m0/s1. The van der Waals surface area contributed by atoms with Crippen LogP contribution in [0.2, 0.25) is 0 Å². The van der Waals surface area contributed by atoms with Crippen molar-refractivity contribution in [2.45, 2.75) is 31.7 Å². The van der Waals surface area contributed by atoms with Crippen LogP contribution >= 0.6 is 0 Å². The first-order valence-corrected chi connectivity index (χ1v) is 8.36. The zero-order valence-corrected chi connectivity index (χ0v) is 13.4. The van der Waals surface area contributed by atoms with E-state index in [1.807, 2.05) is 18.2 Å². The van der Waals surface area contributed by atoms with Gasteiger partial charge in [-0.3, -0.25) is 14.5 Å². The van der Waals surface area contributed by atoms with Gasteiger partial charge in [0.05, 0.1) is 13.2 Å². The van der Waals surface area contributed by atoms with Gasteiger partial charge in [0.25, 0.3) is 0 Å². The van der Waals surface area contributed by atoms with E-state index < -0.39 is 0 Å². The molecular formula is C18H22N2O3. The van der Waals surface area contributed by atoms with Gasteiger partial charge in [0.1, 0.15) is 5.75 Å². The molecule has 3 aliphatic rings. The minimum Gasteiger partial charge on any atom is -0.497 e. The molecule has 2 fully saturated rings. The number of ether oxygens (including phenoxy) is 1. The summed E-state index contributed by atoms with van der Waals surface area (Å²) in [7, 11) is 1.65. The smallest absolute Gasteiger partial charge is 0.237 e. The second kappa shape index (κ2) is 5.34. The Hall–Kier alpha value is -1.88. The van der Waals surface area contributed by atoms with Crippen LogP contribution in [0, 0.1) is 5.41 Å². The van der Waals surface area contributed by atoms with Crippen molar-refractivity contribution in [1.82, 2.24) is 10.2 Å². The number of Topliss-reactive ketones (excluding diaryl/α,β-unsaturated/α-hetero) is 1. The summed E-state index contributed by atoms with van der Waals surface area (Å²) in [5, 5.41) is 2.90. The highest BCUT2D eigenvalue weighted by Crippen LogP contribution is 2.45. The number of ketones is 1. The number of fused-ring (bicyclic) bond motifs is 1. The van der Waals surface area contributed by atoms with E-state index in [4.69, 9.17) is 4.74 Å². The highest BCUT2D eigenvalue weighted by molar-refractivity contribution is 6.05. The van der Waals surface area contributed by atoms with Gasteiger partial charge in [-0.2, -0.15) is 0 Å². The molecule has 2 heterocycles. The molecule has 4 rings (SSSR count). The molecule has 0 unspecified atom stereocenters. The topological polar surface area (TPSA) is 58.6 Å². The number of amides is 1. The monoisotopic (exact) mass is 314 g/mol. The van der Waals surface area contributed by atoms with Crippen LogP contribution in [0.5, 0.6) is 5.75 Å². The average Bonchev–Trinajstić information content (AvgIpc) is 3.11. The zero-order chi connectivity index (χ0) is 16.0. The average molecular weight is 314 g/mol. The summed E-state index contributed by atoms with van der Waals surface area (Å²) in [5.74, 6) is 1.24. The molecule has 1 N–H and O–H groups in total. The number of carbonyl (C=O) groups excluding carboxylic acids is 2. The molecule has 2 saturated heterocycles. The SMILES string of the molecule is COc1ccc2c(c1)CC1(CCN([C@H]3CCNC3=O)CC1)C2=O. The van der Waals surface area contributed by atoms with Crippen molar-refractivity contribution in [3.05, 3.63) is 29.3 Å². The van der Waals surface area contributed by atoms with Gasteiger partial charge < -0.3 is 10.1 Å². The lowest BCUT2D eigenvalue weighted by atomic mass is 9.75. The summed E-state index contributed by atoms with van der Waals surface area (Å²) in [5.41, 5.74) is 1.71. The number of nitrogens with zero attached hydrogens (tertiary/aromatic N) is 1. The predicted octanol–water partition coefficient (Wildman–Crippen LogP) is 1.40. The molecule has 23 heavy (non-hydrogen) atoms. The van der Waals surface area contributed by atoms with Gasteiger partial charge in [0.15, 0.2) is 5.78 Å². The molecule has 0 radical (unpaired) electrons. The summed E-state index contributed by atoms with van der Waals surface area (Å²) >= 11 is 0.